The third-order valence-electron chi connectivity index (χ3n) is 2.68. The first-order valence-corrected chi connectivity index (χ1v) is 6.37. The Morgan fingerprint density at radius 1 is 1.23 bits per heavy atom. The normalized spacial score (nSPS) is 10.3. The van der Waals surface area contributed by atoms with Crippen molar-refractivity contribution in [2.75, 3.05) is 6.61 Å². The molecule has 116 valence electrons. The highest BCUT2D eigenvalue weighted by atomic mass is 19.1. The second-order valence-corrected chi connectivity index (χ2v) is 4.42. The van der Waals surface area contributed by atoms with E-state index in [2.05, 4.69) is 9.97 Å². The fourth-order valence-corrected chi connectivity index (χ4v) is 1.68. The minimum absolute atomic E-state index is 0.0558. The molecule has 0 amide bonds. The summed E-state index contributed by atoms with van der Waals surface area (Å²) in [4.78, 5) is 7.76. The number of nitrogens with zero attached hydrogens (tertiary/aromatic N) is 2. The Hall–Kier alpha value is -2.77. The number of aryl methyl sites for hydroxylation is 1. The monoisotopic (exact) mass is 308 g/mol. The van der Waals surface area contributed by atoms with Crippen molar-refractivity contribution in [3.05, 3.63) is 47.5 Å². The molecule has 2 rings (SSSR count). The van der Waals surface area contributed by atoms with Crippen LogP contribution >= 0.6 is 0 Å². The van der Waals surface area contributed by atoms with Crippen LogP contribution in [0, 0.1) is 24.0 Å². The fraction of sp³-hybridized carbons (Fsp3) is 0.214. The number of hydrogen-bond donors (Lipinski definition) is 2. The molecule has 0 aliphatic carbocycles. The van der Waals surface area contributed by atoms with Gasteiger partial charge in [-0.2, -0.15) is 0 Å². The lowest BCUT2D eigenvalue weighted by Crippen LogP contribution is -2.15. The highest BCUT2D eigenvalue weighted by Gasteiger charge is 2.14. The molecule has 0 unspecified atom stereocenters. The molecule has 2 aromatic rings. The minimum atomic E-state index is -0.849. The standard InChI is InChI=1S/C14H14F2N4O2/c1-8-19-6-10(7-20-8)22-13-11(15)4-9(5-12(13)16)2-3-21-14(17)18/h4-7H,2-3H2,1H3,(H3,17,18). The molecule has 0 radical (unpaired) electrons. The molecule has 0 atom stereocenters. The van der Waals surface area contributed by atoms with Gasteiger partial charge in [-0.1, -0.05) is 0 Å². The number of nitrogens with two attached hydrogens (primary N) is 1. The van der Waals surface area contributed by atoms with Crippen molar-refractivity contribution in [3.63, 3.8) is 0 Å². The first-order chi connectivity index (χ1) is 10.5. The predicted molar refractivity (Wildman–Crippen MR) is 74.8 cm³/mol. The van der Waals surface area contributed by atoms with Crippen LogP contribution in [0.4, 0.5) is 8.78 Å². The van der Waals surface area contributed by atoms with Crippen molar-refractivity contribution >= 4 is 6.02 Å². The molecule has 6 nitrogen and oxygen atoms in total. The highest BCUT2D eigenvalue weighted by Crippen LogP contribution is 2.28. The molecule has 22 heavy (non-hydrogen) atoms. The molecule has 3 N–H and O–H groups in total. The van der Waals surface area contributed by atoms with Gasteiger partial charge in [0.2, 0.25) is 0 Å². The van der Waals surface area contributed by atoms with E-state index in [4.69, 9.17) is 20.6 Å². The van der Waals surface area contributed by atoms with Gasteiger partial charge in [0.05, 0.1) is 19.0 Å². The van der Waals surface area contributed by atoms with Crippen molar-refractivity contribution < 1.29 is 18.3 Å². The summed E-state index contributed by atoms with van der Waals surface area (Å²) in [6, 6.07) is 1.83. The molecule has 0 aliphatic heterocycles. The zero-order valence-electron chi connectivity index (χ0n) is 11.8. The number of halogens is 2. The molecule has 0 fully saturated rings. The predicted octanol–water partition coefficient (Wildman–Crippen LogP) is 2.31. The Morgan fingerprint density at radius 2 is 1.82 bits per heavy atom. The van der Waals surface area contributed by atoms with Crippen molar-refractivity contribution in [3.8, 4) is 11.5 Å². The van der Waals surface area contributed by atoms with E-state index in [1.54, 1.807) is 6.92 Å². The number of aromatic nitrogens is 2. The Balaban J connectivity index is 2.12. The molecule has 0 aliphatic rings. The Bertz CT molecular complexity index is 654. The highest BCUT2D eigenvalue weighted by molar-refractivity contribution is 5.67. The average molecular weight is 308 g/mol. The number of hydrogen-bond acceptors (Lipinski definition) is 5. The minimum Gasteiger partial charge on any atom is -0.465 e. The van der Waals surface area contributed by atoms with Gasteiger partial charge in [-0.15, -0.1) is 0 Å². The Labute approximate surface area is 125 Å². The summed E-state index contributed by atoms with van der Waals surface area (Å²) in [6.45, 7) is 1.74. The van der Waals surface area contributed by atoms with Crippen molar-refractivity contribution in [2.24, 2.45) is 5.73 Å². The van der Waals surface area contributed by atoms with Gasteiger partial charge in [-0.25, -0.2) is 18.7 Å². The Kier molecular flexibility index (Phi) is 4.82. The molecule has 0 saturated heterocycles. The van der Waals surface area contributed by atoms with E-state index in [1.807, 2.05) is 0 Å². The van der Waals surface area contributed by atoms with Crippen LogP contribution in [0.2, 0.25) is 0 Å². The van der Waals surface area contributed by atoms with E-state index < -0.39 is 23.4 Å². The number of nitrogens with one attached hydrogen (secondary N) is 1. The molecule has 1 aromatic carbocycles. The van der Waals surface area contributed by atoms with Gasteiger partial charge in [0.15, 0.2) is 23.1 Å². The average Bonchev–Trinajstić information content (AvgIpc) is 2.44. The van der Waals surface area contributed by atoms with Gasteiger partial charge in [0, 0.05) is 6.42 Å². The SMILES string of the molecule is Cc1ncc(Oc2c(F)cc(CCOC(=N)N)cc2F)cn1. The number of ether oxygens (including phenoxy) is 2. The zero-order chi connectivity index (χ0) is 16.1. The van der Waals surface area contributed by atoms with Crippen LogP contribution in [0.15, 0.2) is 24.5 Å². The number of benzene rings is 1. The van der Waals surface area contributed by atoms with Crippen molar-refractivity contribution in [1.82, 2.24) is 9.97 Å². The molecule has 0 saturated carbocycles. The fourth-order valence-electron chi connectivity index (χ4n) is 1.68. The summed E-state index contributed by atoms with van der Waals surface area (Å²) in [6.07, 6.45) is 2.87. The summed E-state index contributed by atoms with van der Waals surface area (Å²) in [7, 11) is 0. The second-order valence-electron chi connectivity index (χ2n) is 4.42. The molecule has 0 spiro atoms. The lowest BCUT2D eigenvalue weighted by Gasteiger charge is -2.10. The van der Waals surface area contributed by atoms with E-state index in [9.17, 15) is 8.78 Å². The Morgan fingerprint density at radius 3 is 2.36 bits per heavy atom. The first-order valence-electron chi connectivity index (χ1n) is 6.37. The maximum atomic E-state index is 13.9. The maximum Gasteiger partial charge on any atom is 0.279 e. The summed E-state index contributed by atoms with van der Waals surface area (Å²) in [5.41, 5.74) is 5.38. The summed E-state index contributed by atoms with van der Waals surface area (Å²) < 4.78 is 37.8. The van der Waals surface area contributed by atoms with Crippen LogP contribution in [-0.4, -0.2) is 22.6 Å². The number of amidine groups is 1. The molecule has 0 bridgehead atoms. The molecule has 1 aromatic heterocycles. The van der Waals surface area contributed by atoms with Crippen molar-refractivity contribution in [2.45, 2.75) is 13.3 Å². The summed E-state index contributed by atoms with van der Waals surface area (Å²) in [5, 5.41) is 6.89. The molecule has 8 heteroatoms. The van der Waals surface area contributed by atoms with E-state index in [0.717, 1.165) is 12.1 Å². The van der Waals surface area contributed by atoms with Crippen LogP contribution < -0.4 is 10.5 Å². The van der Waals surface area contributed by atoms with Gasteiger partial charge < -0.3 is 15.2 Å². The van der Waals surface area contributed by atoms with E-state index in [-0.39, 0.29) is 18.8 Å². The lowest BCUT2D eigenvalue weighted by atomic mass is 10.1. The van der Waals surface area contributed by atoms with E-state index >= 15 is 0 Å². The van der Waals surface area contributed by atoms with Crippen LogP contribution in [0.5, 0.6) is 11.5 Å². The van der Waals surface area contributed by atoms with Gasteiger partial charge in [-0.05, 0) is 24.6 Å². The molecular formula is C14H14F2N4O2. The number of rotatable bonds is 5. The quantitative estimate of drug-likeness (QED) is 0.653. The third-order valence-corrected chi connectivity index (χ3v) is 2.68. The third kappa shape index (κ3) is 4.11. The maximum absolute atomic E-state index is 13.9. The van der Waals surface area contributed by atoms with Gasteiger partial charge in [0.25, 0.3) is 6.02 Å². The molecular weight excluding hydrogens is 294 g/mol. The van der Waals surface area contributed by atoms with E-state index in [0.29, 0.717) is 11.4 Å². The molecule has 1 heterocycles. The second kappa shape index (κ2) is 6.79. The summed E-state index contributed by atoms with van der Waals surface area (Å²) in [5.74, 6) is -1.56. The summed E-state index contributed by atoms with van der Waals surface area (Å²) >= 11 is 0. The van der Waals surface area contributed by atoms with E-state index in [1.165, 1.54) is 12.4 Å². The van der Waals surface area contributed by atoms with Gasteiger partial charge >= 0.3 is 0 Å². The van der Waals surface area contributed by atoms with Crippen LogP contribution in [-0.2, 0) is 11.2 Å². The van der Waals surface area contributed by atoms with Gasteiger partial charge in [-0.3, -0.25) is 5.41 Å². The van der Waals surface area contributed by atoms with Crippen LogP contribution in [0.3, 0.4) is 0 Å². The zero-order valence-corrected chi connectivity index (χ0v) is 11.8. The smallest absolute Gasteiger partial charge is 0.279 e. The topological polar surface area (TPSA) is 94.1 Å². The largest absolute Gasteiger partial charge is 0.465 e. The van der Waals surface area contributed by atoms with Gasteiger partial charge in [0.1, 0.15) is 5.82 Å². The van der Waals surface area contributed by atoms with Crippen molar-refractivity contribution in [1.29, 1.82) is 5.41 Å². The van der Waals surface area contributed by atoms with Crippen LogP contribution in [0.25, 0.3) is 0 Å². The first kappa shape index (κ1) is 15.6. The van der Waals surface area contributed by atoms with Crippen LogP contribution in [0.1, 0.15) is 11.4 Å². The lowest BCUT2D eigenvalue weighted by molar-refractivity contribution is 0.300.